The van der Waals surface area contributed by atoms with Gasteiger partial charge in [0.25, 0.3) is 11.5 Å². The van der Waals surface area contributed by atoms with Crippen molar-refractivity contribution >= 4 is 23.6 Å². The van der Waals surface area contributed by atoms with Crippen LogP contribution in [-0.2, 0) is 14.3 Å². The van der Waals surface area contributed by atoms with Crippen LogP contribution in [0.25, 0.3) is 5.69 Å². The molecule has 0 saturated heterocycles. The second-order valence-corrected chi connectivity index (χ2v) is 10.3. The number of amides is 1. The zero-order valence-electron chi connectivity index (χ0n) is 22.5. The molecule has 1 aromatic heterocycles. The molecule has 0 radical (unpaired) electrons. The number of carbonyl (C=O) groups excluding carboxylic acids is 2. The molecule has 0 saturated carbocycles. The lowest BCUT2D eigenvalue weighted by Crippen LogP contribution is -2.57. The van der Waals surface area contributed by atoms with Crippen LogP contribution in [0.4, 0.5) is 24.9 Å². The van der Waals surface area contributed by atoms with Gasteiger partial charge in [-0.15, -0.1) is 0 Å². The summed E-state index contributed by atoms with van der Waals surface area (Å²) in [6.07, 6.45) is -0.442. The predicted octanol–water partition coefficient (Wildman–Crippen LogP) is 5.30. The van der Waals surface area contributed by atoms with Crippen molar-refractivity contribution in [1.82, 2.24) is 9.55 Å². The van der Waals surface area contributed by atoms with Crippen molar-refractivity contribution in [2.45, 2.75) is 51.5 Å². The molecule has 1 N–H and O–H groups in total. The second-order valence-electron chi connectivity index (χ2n) is 10.3. The molecule has 1 amide bonds. The smallest absolute Gasteiger partial charge is 0.430 e. The Hall–Kier alpha value is -3.60. The van der Waals surface area contributed by atoms with E-state index in [-0.39, 0.29) is 23.1 Å². The average Bonchev–Trinajstić information content (AvgIpc) is 3.18. The number of carbonyl (C=O) groups is 2. The number of ether oxygens (including phenoxy) is 2. The quantitative estimate of drug-likeness (QED) is 0.485. The first-order valence-electron chi connectivity index (χ1n) is 12.0. The van der Waals surface area contributed by atoms with Crippen LogP contribution in [0.1, 0.15) is 44.6 Å². The van der Waals surface area contributed by atoms with Gasteiger partial charge in [-0.3, -0.25) is 9.36 Å². The topological polar surface area (TPSA) is 85.7 Å². The number of allylic oxidation sites excluding steroid dienone is 2. The zero-order valence-corrected chi connectivity index (χ0v) is 22.5. The standard InChI is InChI=1S/C27H33F3N4O4/c1-17-12-11-13-18(16-17)26(37-7,27(28,29)30)23(36)31-21-20(22(35)38-25(2,3)4)34(24(32-21)33(5)6)19-14-9-8-10-15-19/h8-11,13-17H,12H2,1-7H3,(H,31,36). The third-order valence-electron chi connectivity index (χ3n) is 5.80. The number of hydrogen-bond donors (Lipinski definition) is 1. The van der Waals surface area contributed by atoms with E-state index in [1.54, 1.807) is 83.1 Å². The van der Waals surface area contributed by atoms with Crippen molar-refractivity contribution in [3.63, 3.8) is 0 Å². The Morgan fingerprint density at radius 3 is 2.26 bits per heavy atom. The van der Waals surface area contributed by atoms with Crippen LogP contribution in [0.15, 0.2) is 54.1 Å². The van der Waals surface area contributed by atoms with Gasteiger partial charge in [0.2, 0.25) is 5.95 Å². The van der Waals surface area contributed by atoms with E-state index < -0.39 is 35.1 Å². The van der Waals surface area contributed by atoms with Gasteiger partial charge in [0.05, 0.1) is 0 Å². The van der Waals surface area contributed by atoms with E-state index in [4.69, 9.17) is 9.47 Å². The highest BCUT2D eigenvalue weighted by Gasteiger charge is 2.63. The van der Waals surface area contributed by atoms with Gasteiger partial charge >= 0.3 is 12.1 Å². The molecule has 1 aliphatic carbocycles. The highest BCUT2D eigenvalue weighted by Crippen LogP contribution is 2.43. The Balaban J connectivity index is 2.24. The van der Waals surface area contributed by atoms with Crippen LogP contribution in [0, 0.1) is 5.92 Å². The molecule has 11 heteroatoms. The van der Waals surface area contributed by atoms with E-state index in [2.05, 4.69) is 10.3 Å². The summed E-state index contributed by atoms with van der Waals surface area (Å²) in [5.74, 6) is -2.86. The van der Waals surface area contributed by atoms with Crippen molar-refractivity contribution in [1.29, 1.82) is 0 Å². The number of para-hydroxylation sites is 1. The van der Waals surface area contributed by atoms with Crippen LogP contribution < -0.4 is 10.2 Å². The lowest BCUT2D eigenvalue weighted by molar-refractivity contribution is -0.243. The maximum Gasteiger partial charge on any atom is 0.430 e. The summed E-state index contributed by atoms with van der Waals surface area (Å²) in [5, 5.41) is 2.26. The number of esters is 1. The number of rotatable bonds is 7. The van der Waals surface area contributed by atoms with Crippen LogP contribution >= 0.6 is 0 Å². The monoisotopic (exact) mass is 534 g/mol. The van der Waals surface area contributed by atoms with Gasteiger partial charge in [-0.25, -0.2) is 4.79 Å². The molecule has 8 nitrogen and oxygen atoms in total. The number of imidazole rings is 1. The van der Waals surface area contributed by atoms with Gasteiger partial charge < -0.3 is 19.7 Å². The van der Waals surface area contributed by atoms with E-state index in [1.807, 2.05) is 0 Å². The van der Waals surface area contributed by atoms with Crippen LogP contribution in [0.3, 0.4) is 0 Å². The minimum absolute atomic E-state index is 0.188. The molecule has 3 rings (SSSR count). The molecular weight excluding hydrogens is 501 g/mol. The van der Waals surface area contributed by atoms with Gasteiger partial charge in [0.15, 0.2) is 11.5 Å². The number of nitrogens with one attached hydrogen (secondary N) is 1. The average molecular weight is 535 g/mol. The summed E-state index contributed by atoms with van der Waals surface area (Å²) < 4.78 is 55.8. The second kappa shape index (κ2) is 10.6. The van der Waals surface area contributed by atoms with Gasteiger partial charge in [0.1, 0.15) is 5.60 Å². The molecule has 1 aromatic carbocycles. The summed E-state index contributed by atoms with van der Waals surface area (Å²) in [5.41, 5.74) is -4.36. The number of aromatic nitrogens is 2. The van der Waals surface area contributed by atoms with Gasteiger partial charge in [-0.2, -0.15) is 18.2 Å². The van der Waals surface area contributed by atoms with Crippen molar-refractivity contribution < 1.29 is 32.2 Å². The summed E-state index contributed by atoms with van der Waals surface area (Å²) in [7, 11) is 4.13. The molecule has 2 atom stereocenters. The summed E-state index contributed by atoms with van der Waals surface area (Å²) >= 11 is 0. The van der Waals surface area contributed by atoms with E-state index in [0.717, 1.165) is 7.11 Å². The molecule has 1 heterocycles. The summed E-state index contributed by atoms with van der Waals surface area (Å²) in [6.45, 7) is 6.70. The number of anilines is 2. The maximum atomic E-state index is 14.6. The maximum absolute atomic E-state index is 14.6. The number of alkyl halides is 3. The van der Waals surface area contributed by atoms with Gasteiger partial charge in [-0.1, -0.05) is 43.4 Å². The normalized spacial score (nSPS) is 17.4. The van der Waals surface area contributed by atoms with Crippen molar-refractivity contribution in [2.75, 3.05) is 31.4 Å². The molecule has 0 aliphatic heterocycles. The van der Waals surface area contributed by atoms with Crippen molar-refractivity contribution in [3.8, 4) is 5.69 Å². The number of benzene rings is 1. The number of nitrogens with zero attached hydrogens (tertiary/aromatic N) is 3. The Bertz CT molecular complexity index is 1240. The minimum Gasteiger partial charge on any atom is -0.455 e. The molecule has 1 aliphatic rings. The van der Waals surface area contributed by atoms with Gasteiger partial charge in [0, 0.05) is 26.9 Å². The molecule has 38 heavy (non-hydrogen) atoms. The van der Waals surface area contributed by atoms with Crippen molar-refractivity contribution in [3.05, 3.63) is 59.8 Å². The van der Waals surface area contributed by atoms with E-state index in [1.165, 1.54) is 16.7 Å². The third-order valence-corrected chi connectivity index (χ3v) is 5.80. The molecule has 206 valence electrons. The fourth-order valence-corrected chi connectivity index (χ4v) is 4.15. The fourth-order valence-electron chi connectivity index (χ4n) is 4.15. The molecular formula is C27H33F3N4O4. The minimum atomic E-state index is -5.13. The lowest BCUT2D eigenvalue weighted by Gasteiger charge is -2.35. The number of hydrogen-bond acceptors (Lipinski definition) is 6. The Morgan fingerprint density at radius 2 is 1.76 bits per heavy atom. The van der Waals surface area contributed by atoms with Gasteiger partial charge in [-0.05, 0) is 50.8 Å². The predicted molar refractivity (Wildman–Crippen MR) is 138 cm³/mol. The number of methoxy groups -OCH3 is 1. The Kier molecular flexibility index (Phi) is 8.11. The lowest BCUT2D eigenvalue weighted by atomic mass is 9.84. The largest absolute Gasteiger partial charge is 0.455 e. The zero-order chi connectivity index (χ0) is 28.5. The first-order chi connectivity index (χ1) is 17.6. The molecule has 0 fully saturated rings. The molecule has 2 unspecified atom stereocenters. The highest BCUT2D eigenvalue weighted by molar-refractivity contribution is 6.05. The van der Waals surface area contributed by atoms with Crippen LogP contribution in [-0.4, -0.2) is 60.0 Å². The third kappa shape index (κ3) is 5.62. The Labute approximate surface area is 220 Å². The highest BCUT2D eigenvalue weighted by atomic mass is 19.4. The first-order valence-corrected chi connectivity index (χ1v) is 12.0. The molecule has 0 spiro atoms. The summed E-state index contributed by atoms with van der Waals surface area (Å²) in [4.78, 5) is 32.9. The van der Waals surface area contributed by atoms with E-state index >= 15 is 0 Å². The SMILES string of the molecule is COC(C(=O)Nc1nc(N(C)C)n(-c2ccccc2)c1C(=O)OC(C)(C)C)(C1=CC(C)CC=C1)C(F)(F)F. The summed E-state index contributed by atoms with van der Waals surface area (Å²) in [6, 6.07) is 8.63. The fraction of sp³-hybridized carbons (Fsp3) is 0.444. The van der Waals surface area contributed by atoms with Crippen LogP contribution in [0.2, 0.25) is 0 Å². The first kappa shape index (κ1) is 29.0. The van der Waals surface area contributed by atoms with Crippen LogP contribution in [0.5, 0.6) is 0 Å². The molecule has 0 bridgehead atoms. The van der Waals surface area contributed by atoms with E-state index in [9.17, 15) is 22.8 Å². The Morgan fingerprint density at radius 1 is 1.13 bits per heavy atom. The van der Waals surface area contributed by atoms with E-state index in [0.29, 0.717) is 12.1 Å². The number of halogens is 3. The molecule has 2 aromatic rings. The van der Waals surface area contributed by atoms with Crippen molar-refractivity contribution in [2.24, 2.45) is 5.92 Å².